The van der Waals surface area contributed by atoms with Crippen LogP contribution in [0, 0.1) is 0 Å². The Bertz CT molecular complexity index is 420. The van der Waals surface area contributed by atoms with E-state index in [-0.39, 0.29) is 12.0 Å². The normalized spacial score (nSPS) is 12.5. The van der Waals surface area contributed by atoms with Gasteiger partial charge in [-0.15, -0.1) is 11.8 Å². The van der Waals surface area contributed by atoms with Crippen LogP contribution < -0.4 is 0 Å². The summed E-state index contributed by atoms with van der Waals surface area (Å²) in [7, 11) is 1.81. The monoisotopic (exact) mass is 281 g/mol. The first-order chi connectivity index (χ1) is 8.93. The number of thioether (sulfide) groups is 1. The van der Waals surface area contributed by atoms with Gasteiger partial charge in [0.1, 0.15) is 6.10 Å². The Morgan fingerprint density at radius 2 is 2.05 bits per heavy atom. The van der Waals surface area contributed by atoms with Crippen molar-refractivity contribution in [2.24, 2.45) is 0 Å². The molecule has 0 aliphatic rings. The molecule has 0 spiro atoms. The number of hydrogen-bond donors (Lipinski definition) is 0. The lowest BCUT2D eigenvalue weighted by molar-refractivity contribution is -0.144. The fourth-order valence-corrected chi connectivity index (χ4v) is 2.38. The quantitative estimate of drug-likeness (QED) is 0.750. The molecular formula is C15H23NO2S. The minimum Gasteiger partial charge on any atom is -0.366 e. The molecule has 3 nitrogen and oxygen atoms in total. The third kappa shape index (κ3) is 5.25. The van der Waals surface area contributed by atoms with Crippen molar-refractivity contribution in [1.82, 2.24) is 4.90 Å². The van der Waals surface area contributed by atoms with Crippen molar-refractivity contribution in [3.8, 4) is 0 Å². The molecule has 0 aliphatic heterocycles. The van der Waals surface area contributed by atoms with E-state index in [9.17, 15) is 4.79 Å². The first-order valence-corrected chi connectivity index (χ1v) is 7.70. The minimum absolute atomic E-state index is 0.0169. The average molecular weight is 281 g/mol. The van der Waals surface area contributed by atoms with Crippen molar-refractivity contribution >= 4 is 17.7 Å². The van der Waals surface area contributed by atoms with Crippen molar-refractivity contribution in [2.75, 3.05) is 13.3 Å². The van der Waals surface area contributed by atoms with Crippen molar-refractivity contribution in [2.45, 2.75) is 44.4 Å². The van der Waals surface area contributed by atoms with E-state index in [1.54, 1.807) is 23.6 Å². The predicted octanol–water partition coefficient (Wildman–Crippen LogP) is 3.18. The fraction of sp³-hybridized carbons (Fsp3) is 0.533. The molecule has 0 fully saturated rings. The highest BCUT2D eigenvalue weighted by Gasteiger charge is 2.19. The van der Waals surface area contributed by atoms with Gasteiger partial charge in [-0.05, 0) is 44.7 Å². The second-order valence-electron chi connectivity index (χ2n) is 4.87. The molecule has 1 aromatic rings. The molecule has 1 atom stereocenters. The Hall–Kier alpha value is -1.00. The van der Waals surface area contributed by atoms with Crippen molar-refractivity contribution in [1.29, 1.82) is 0 Å². The van der Waals surface area contributed by atoms with Crippen LogP contribution in [0.1, 0.15) is 26.3 Å². The smallest absolute Gasteiger partial charge is 0.251 e. The van der Waals surface area contributed by atoms with Gasteiger partial charge in [-0.25, -0.2) is 0 Å². The zero-order valence-corrected chi connectivity index (χ0v) is 13.2. The topological polar surface area (TPSA) is 29.5 Å². The van der Waals surface area contributed by atoms with Crippen LogP contribution in [0.2, 0.25) is 0 Å². The Labute approximate surface area is 120 Å². The summed E-state index contributed by atoms with van der Waals surface area (Å²) >= 11 is 1.71. The van der Waals surface area contributed by atoms with Gasteiger partial charge in [0, 0.05) is 18.5 Å². The maximum absolute atomic E-state index is 12.1. The number of ether oxygens (including phenoxy) is 1. The Balaban J connectivity index is 2.62. The highest BCUT2D eigenvalue weighted by molar-refractivity contribution is 7.98. The molecule has 0 bridgehead atoms. The summed E-state index contributed by atoms with van der Waals surface area (Å²) in [5.41, 5.74) is 1.14. The van der Waals surface area contributed by atoms with Gasteiger partial charge in [-0.1, -0.05) is 12.1 Å². The molecule has 19 heavy (non-hydrogen) atoms. The summed E-state index contributed by atoms with van der Waals surface area (Å²) in [5.74, 6) is 0.0169. The third-order valence-corrected chi connectivity index (χ3v) is 3.48. The number of nitrogens with zero attached hydrogens (tertiary/aromatic N) is 1. The molecular weight excluding hydrogens is 258 g/mol. The maximum Gasteiger partial charge on any atom is 0.251 e. The van der Waals surface area contributed by atoms with Crippen molar-refractivity contribution in [3.05, 3.63) is 29.8 Å². The zero-order valence-electron chi connectivity index (χ0n) is 12.3. The summed E-state index contributed by atoms with van der Waals surface area (Å²) in [6.45, 7) is 6.29. The molecule has 0 heterocycles. The molecule has 0 saturated carbocycles. The second-order valence-corrected chi connectivity index (χ2v) is 5.75. The van der Waals surface area contributed by atoms with E-state index in [4.69, 9.17) is 4.74 Å². The van der Waals surface area contributed by atoms with Crippen LogP contribution in [0.4, 0.5) is 0 Å². The number of likely N-dealkylation sites (N-methyl/N-ethyl adjacent to an activating group) is 1. The van der Waals surface area contributed by atoms with Gasteiger partial charge in [0.05, 0.1) is 6.10 Å². The van der Waals surface area contributed by atoms with Gasteiger partial charge < -0.3 is 9.64 Å². The first kappa shape index (κ1) is 16.1. The van der Waals surface area contributed by atoms with Gasteiger partial charge in [0.15, 0.2) is 0 Å². The highest BCUT2D eigenvalue weighted by atomic mass is 32.2. The van der Waals surface area contributed by atoms with Crippen molar-refractivity contribution in [3.63, 3.8) is 0 Å². The van der Waals surface area contributed by atoms with E-state index in [1.165, 1.54) is 4.90 Å². The van der Waals surface area contributed by atoms with E-state index in [0.717, 1.165) is 5.56 Å². The lowest BCUT2D eigenvalue weighted by Gasteiger charge is -2.23. The van der Waals surface area contributed by atoms with Gasteiger partial charge in [-0.3, -0.25) is 4.79 Å². The summed E-state index contributed by atoms with van der Waals surface area (Å²) in [6.07, 6.45) is 1.72. The lowest BCUT2D eigenvalue weighted by Crippen LogP contribution is -2.37. The van der Waals surface area contributed by atoms with Crippen molar-refractivity contribution < 1.29 is 9.53 Å². The summed E-state index contributed by atoms with van der Waals surface area (Å²) in [6, 6.07) is 8.24. The van der Waals surface area contributed by atoms with E-state index in [0.29, 0.717) is 6.54 Å². The molecule has 0 aliphatic carbocycles. The van der Waals surface area contributed by atoms with Crippen LogP contribution in [0.25, 0.3) is 0 Å². The minimum atomic E-state index is -0.395. The van der Waals surface area contributed by atoms with Crippen LogP contribution in [0.3, 0.4) is 0 Å². The molecule has 0 saturated heterocycles. The number of carbonyl (C=O) groups is 1. The average Bonchev–Trinajstić information content (AvgIpc) is 2.37. The Kier molecular flexibility index (Phi) is 6.38. The van der Waals surface area contributed by atoms with Crippen LogP contribution >= 0.6 is 11.8 Å². The predicted molar refractivity (Wildman–Crippen MR) is 80.4 cm³/mol. The number of hydrogen-bond acceptors (Lipinski definition) is 3. The number of amides is 1. The summed E-state index contributed by atoms with van der Waals surface area (Å²) in [5, 5.41) is 0. The summed E-state index contributed by atoms with van der Waals surface area (Å²) < 4.78 is 5.52. The molecule has 0 radical (unpaired) electrons. The molecule has 1 rings (SSSR count). The van der Waals surface area contributed by atoms with Crippen LogP contribution in [-0.2, 0) is 16.1 Å². The summed E-state index contributed by atoms with van der Waals surface area (Å²) in [4.78, 5) is 15.1. The standard InChI is InChI=1S/C15H23NO2S/c1-11(2)18-12(3)15(17)16(4)10-13-7-6-8-14(9-13)19-5/h6-9,11-12H,10H2,1-5H3. The van der Waals surface area contributed by atoms with E-state index < -0.39 is 6.10 Å². The number of carbonyl (C=O) groups excluding carboxylic acids is 1. The van der Waals surface area contributed by atoms with E-state index in [1.807, 2.05) is 39.3 Å². The van der Waals surface area contributed by atoms with Crippen LogP contribution in [-0.4, -0.2) is 36.3 Å². The van der Waals surface area contributed by atoms with E-state index in [2.05, 4.69) is 12.1 Å². The van der Waals surface area contributed by atoms with Gasteiger partial charge in [0.25, 0.3) is 5.91 Å². The lowest BCUT2D eigenvalue weighted by atomic mass is 10.2. The number of benzene rings is 1. The third-order valence-electron chi connectivity index (χ3n) is 2.75. The van der Waals surface area contributed by atoms with E-state index >= 15 is 0 Å². The Morgan fingerprint density at radius 1 is 1.37 bits per heavy atom. The molecule has 1 aromatic carbocycles. The fourth-order valence-electron chi connectivity index (χ4n) is 1.90. The van der Waals surface area contributed by atoms with Gasteiger partial charge >= 0.3 is 0 Å². The molecule has 1 unspecified atom stereocenters. The molecule has 106 valence electrons. The van der Waals surface area contributed by atoms with Gasteiger partial charge in [-0.2, -0.15) is 0 Å². The van der Waals surface area contributed by atoms with Crippen LogP contribution in [0.15, 0.2) is 29.2 Å². The zero-order chi connectivity index (χ0) is 14.4. The second kappa shape index (κ2) is 7.56. The highest BCUT2D eigenvalue weighted by Crippen LogP contribution is 2.17. The Morgan fingerprint density at radius 3 is 2.63 bits per heavy atom. The SMILES string of the molecule is CSc1cccc(CN(C)C(=O)C(C)OC(C)C)c1. The van der Waals surface area contributed by atoms with Crippen LogP contribution in [0.5, 0.6) is 0 Å². The number of rotatable bonds is 6. The molecule has 1 amide bonds. The maximum atomic E-state index is 12.1. The molecule has 4 heteroatoms. The molecule has 0 aromatic heterocycles. The molecule has 0 N–H and O–H groups in total. The van der Waals surface area contributed by atoms with Gasteiger partial charge in [0.2, 0.25) is 0 Å². The largest absolute Gasteiger partial charge is 0.366 e. The first-order valence-electron chi connectivity index (χ1n) is 6.47.